The molecule has 1 fully saturated rings. The largest absolute Gasteiger partial charge is 0.433 e. The smallest absolute Gasteiger partial charge is 0.382 e. The van der Waals surface area contributed by atoms with Crippen LogP contribution in [0.5, 0.6) is 0 Å². The van der Waals surface area contributed by atoms with Crippen molar-refractivity contribution in [1.82, 2.24) is 20.1 Å². The second kappa shape index (κ2) is 9.33. The molecule has 0 saturated heterocycles. The van der Waals surface area contributed by atoms with Gasteiger partial charge in [0.1, 0.15) is 5.69 Å². The maximum atomic E-state index is 13.5. The highest BCUT2D eigenvalue weighted by molar-refractivity contribution is 6.31. The molecular weight excluding hydrogens is 479 g/mol. The number of nitrogens with zero attached hydrogens (tertiary/aromatic N) is 3. The molecule has 0 aliphatic heterocycles. The summed E-state index contributed by atoms with van der Waals surface area (Å²) in [4.78, 5) is 16.7. The molecule has 0 spiro atoms. The van der Waals surface area contributed by atoms with E-state index >= 15 is 0 Å². The average Bonchev–Trinajstić information content (AvgIpc) is 3.16. The third kappa shape index (κ3) is 5.72. The number of fused-ring (bicyclic) bond motifs is 1. The number of halogens is 4. The van der Waals surface area contributed by atoms with Crippen LogP contribution in [0, 0.1) is 6.92 Å². The summed E-state index contributed by atoms with van der Waals surface area (Å²) < 4.78 is 42.2. The normalized spacial score (nSPS) is 19.1. The van der Waals surface area contributed by atoms with Crippen molar-refractivity contribution in [2.24, 2.45) is 0 Å². The van der Waals surface area contributed by atoms with Crippen LogP contribution in [0.2, 0.25) is 5.02 Å². The van der Waals surface area contributed by atoms with Gasteiger partial charge in [0.15, 0.2) is 0 Å². The molecule has 6 nitrogen and oxygen atoms in total. The predicted molar refractivity (Wildman–Crippen MR) is 131 cm³/mol. The molecule has 2 aromatic heterocycles. The molecule has 188 valence electrons. The molecule has 1 aliphatic rings. The molecule has 3 aromatic rings. The van der Waals surface area contributed by atoms with Crippen molar-refractivity contribution >= 4 is 34.1 Å². The van der Waals surface area contributed by atoms with E-state index in [0.717, 1.165) is 25.3 Å². The maximum Gasteiger partial charge on any atom is 0.433 e. The predicted octanol–water partition coefficient (Wildman–Crippen LogP) is 6.32. The molecule has 0 radical (unpaired) electrons. The molecule has 2 heterocycles. The molecule has 1 aliphatic carbocycles. The van der Waals surface area contributed by atoms with Crippen LogP contribution in [0.3, 0.4) is 0 Å². The van der Waals surface area contributed by atoms with Crippen LogP contribution < -0.4 is 10.6 Å². The summed E-state index contributed by atoms with van der Waals surface area (Å²) in [7, 11) is 0. The lowest BCUT2D eigenvalue weighted by molar-refractivity contribution is -0.140. The van der Waals surface area contributed by atoms with Gasteiger partial charge in [-0.1, -0.05) is 11.6 Å². The maximum absolute atomic E-state index is 13.5. The highest BCUT2D eigenvalue weighted by Gasteiger charge is 2.34. The molecule has 0 unspecified atom stereocenters. The van der Waals surface area contributed by atoms with E-state index in [4.69, 9.17) is 11.6 Å². The molecule has 2 atom stereocenters. The Morgan fingerprint density at radius 1 is 1.14 bits per heavy atom. The van der Waals surface area contributed by atoms with E-state index in [9.17, 15) is 18.0 Å². The number of nitrogens with one attached hydrogen (secondary N) is 2. The average molecular weight is 508 g/mol. The Hall–Kier alpha value is -2.81. The van der Waals surface area contributed by atoms with E-state index in [2.05, 4.69) is 20.7 Å². The van der Waals surface area contributed by atoms with Gasteiger partial charge in [0, 0.05) is 34.4 Å². The summed E-state index contributed by atoms with van der Waals surface area (Å²) >= 11 is 6.11. The number of hydrogen-bond donors (Lipinski definition) is 2. The number of carbonyl (C=O) groups is 1. The van der Waals surface area contributed by atoms with E-state index < -0.39 is 11.9 Å². The van der Waals surface area contributed by atoms with Crippen molar-refractivity contribution in [1.29, 1.82) is 0 Å². The van der Waals surface area contributed by atoms with Crippen molar-refractivity contribution in [2.45, 2.75) is 77.2 Å². The molecule has 4 rings (SSSR count). The number of aromatic nitrogens is 3. The van der Waals surface area contributed by atoms with Gasteiger partial charge in [-0.15, -0.1) is 0 Å². The second-order valence-corrected chi connectivity index (χ2v) is 10.6. The van der Waals surface area contributed by atoms with Crippen LogP contribution >= 0.6 is 11.6 Å². The lowest BCUT2D eigenvalue weighted by Crippen LogP contribution is -2.42. The zero-order chi connectivity index (χ0) is 25.5. The molecule has 35 heavy (non-hydrogen) atoms. The third-order valence-electron chi connectivity index (χ3n) is 6.26. The summed E-state index contributed by atoms with van der Waals surface area (Å²) in [6, 6.07) is 5.44. The van der Waals surface area contributed by atoms with Crippen LogP contribution in [0.4, 0.5) is 18.9 Å². The minimum atomic E-state index is -4.57. The van der Waals surface area contributed by atoms with Crippen LogP contribution in [0.15, 0.2) is 30.5 Å². The van der Waals surface area contributed by atoms with Gasteiger partial charge >= 0.3 is 6.18 Å². The minimum absolute atomic E-state index is 0.107. The molecule has 2 N–H and O–H groups in total. The first-order chi connectivity index (χ1) is 16.3. The van der Waals surface area contributed by atoms with E-state index in [1.54, 1.807) is 23.9 Å². The second-order valence-electron chi connectivity index (χ2n) is 10.1. The molecule has 1 amide bonds. The van der Waals surface area contributed by atoms with Gasteiger partial charge in [0.25, 0.3) is 5.91 Å². The molecular formula is C25H29ClF3N5O. The van der Waals surface area contributed by atoms with Gasteiger partial charge in [-0.05, 0) is 77.6 Å². The summed E-state index contributed by atoms with van der Waals surface area (Å²) in [6.07, 6.45) is 0.187. The summed E-state index contributed by atoms with van der Waals surface area (Å²) in [5, 5.41) is 11.8. The molecule has 1 saturated carbocycles. The van der Waals surface area contributed by atoms with Gasteiger partial charge in [-0.25, -0.2) is 4.98 Å². The van der Waals surface area contributed by atoms with Crippen molar-refractivity contribution in [3.63, 3.8) is 0 Å². The number of aryl methyl sites for hydroxylation is 1. The Balaban J connectivity index is 1.52. The topological polar surface area (TPSA) is 71.8 Å². The number of amides is 1. The Kier molecular flexibility index (Phi) is 6.74. The Morgan fingerprint density at radius 3 is 2.51 bits per heavy atom. The summed E-state index contributed by atoms with van der Waals surface area (Å²) in [5.41, 5.74) is 0.543. The van der Waals surface area contributed by atoms with E-state index in [1.807, 2.05) is 20.8 Å². The lowest BCUT2D eigenvalue weighted by atomic mass is 9.90. The number of benzene rings is 1. The van der Waals surface area contributed by atoms with Gasteiger partial charge in [-0.3, -0.25) is 9.48 Å². The first kappa shape index (κ1) is 25.3. The standard InChI is InChI=1S/C25H29ClF3N5O/c1-14-19(13-34(33-14)24(2,3)4)23(35)31-17-7-5-6-16(11-17)30-21-12-22(25(27,28)29)32-20-9-8-15(26)10-18(20)21/h8-10,12-13,16-17H,5-7,11H2,1-4H3,(H,30,32)(H,31,35)/t16-,17+/m0/s1. The quantitative estimate of drug-likeness (QED) is 0.433. The fourth-order valence-corrected chi connectivity index (χ4v) is 4.60. The first-order valence-corrected chi connectivity index (χ1v) is 12.0. The zero-order valence-electron chi connectivity index (χ0n) is 20.1. The van der Waals surface area contributed by atoms with Gasteiger partial charge in [0.2, 0.25) is 0 Å². The number of anilines is 1. The van der Waals surface area contributed by atoms with E-state index in [-0.39, 0.29) is 29.0 Å². The number of alkyl halides is 3. The van der Waals surface area contributed by atoms with Crippen LogP contribution in [0.25, 0.3) is 10.9 Å². The molecule has 10 heteroatoms. The SMILES string of the molecule is Cc1nn(C(C)(C)C)cc1C(=O)N[C@@H]1CCC[C@H](Nc2cc(C(F)(F)F)nc3ccc(Cl)cc23)C1. The van der Waals surface area contributed by atoms with Crippen LogP contribution in [-0.2, 0) is 11.7 Å². The third-order valence-corrected chi connectivity index (χ3v) is 6.50. The van der Waals surface area contributed by atoms with Crippen LogP contribution in [-0.4, -0.2) is 32.8 Å². The van der Waals surface area contributed by atoms with Gasteiger partial charge in [0.05, 0.1) is 22.3 Å². The lowest BCUT2D eigenvalue weighted by Gasteiger charge is -2.31. The number of pyridine rings is 1. The summed E-state index contributed by atoms with van der Waals surface area (Å²) in [6.45, 7) is 7.84. The zero-order valence-corrected chi connectivity index (χ0v) is 20.9. The number of rotatable bonds is 4. The van der Waals surface area contributed by atoms with Crippen molar-refractivity contribution in [3.05, 3.63) is 52.4 Å². The highest BCUT2D eigenvalue weighted by atomic mass is 35.5. The minimum Gasteiger partial charge on any atom is -0.382 e. The van der Waals surface area contributed by atoms with Gasteiger partial charge in [-0.2, -0.15) is 18.3 Å². The van der Waals surface area contributed by atoms with Gasteiger partial charge < -0.3 is 10.6 Å². The molecule has 0 bridgehead atoms. The fourth-order valence-electron chi connectivity index (χ4n) is 4.42. The van der Waals surface area contributed by atoms with Crippen molar-refractivity contribution in [2.75, 3.05) is 5.32 Å². The Bertz CT molecular complexity index is 1250. The summed E-state index contributed by atoms with van der Waals surface area (Å²) in [5.74, 6) is -0.191. The monoisotopic (exact) mass is 507 g/mol. The molecule has 1 aromatic carbocycles. The highest BCUT2D eigenvalue weighted by Crippen LogP contribution is 2.35. The van der Waals surface area contributed by atoms with E-state index in [1.165, 1.54) is 12.1 Å². The number of carbonyl (C=O) groups excluding carboxylic acids is 1. The van der Waals surface area contributed by atoms with Crippen LogP contribution in [0.1, 0.15) is 68.2 Å². The van der Waals surface area contributed by atoms with Crippen molar-refractivity contribution < 1.29 is 18.0 Å². The Labute approximate surface area is 207 Å². The van der Waals surface area contributed by atoms with E-state index in [0.29, 0.717) is 33.8 Å². The van der Waals surface area contributed by atoms with Crippen molar-refractivity contribution in [3.8, 4) is 0 Å². The fraction of sp³-hybridized carbons (Fsp3) is 0.480. The first-order valence-electron chi connectivity index (χ1n) is 11.6. The Morgan fingerprint density at radius 2 is 1.86 bits per heavy atom. The number of hydrogen-bond acceptors (Lipinski definition) is 4.